The van der Waals surface area contributed by atoms with Crippen LogP contribution in [0.2, 0.25) is 0 Å². The van der Waals surface area contributed by atoms with Crippen LogP contribution in [0.5, 0.6) is 0 Å². The zero-order valence-corrected chi connectivity index (χ0v) is 15.8. The highest BCUT2D eigenvalue weighted by Crippen LogP contribution is 2.11. The molecule has 0 spiro atoms. The van der Waals surface area contributed by atoms with Gasteiger partial charge in [-0.1, -0.05) is 57.4 Å². The van der Waals surface area contributed by atoms with E-state index in [4.69, 9.17) is 0 Å². The van der Waals surface area contributed by atoms with Crippen LogP contribution in [0, 0.1) is 6.92 Å². The summed E-state index contributed by atoms with van der Waals surface area (Å²) in [5, 5.41) is 10.9. The average molecular weight is 342 g/mol. The molecule has 0 aliphatic heterocycles. The number of rotatable bonds is 10. The lowest BCUT2D eigenvalue weighted by molar-refractivity contribution is -0.695. The number of hydrogen-bond acceptors (Lipinski definition) is 2. The molecule has 1 heterocycles. The van der Waals surface area contributed by atoms with E-state index in [9.17, 15) is 9.90 Å². The summed E-state index contributed by atoms with van der Waals surface area (Å²) in [6, 6.07) is 7.01. The number of imidazole rings is 1. The van der Waals surface area contributed by atoms with Crippen molar-refractivity contribution in [3.63, 3.8) is 0 Å². The third-order valence-electron chi connectivity index (χ3n) is 4.66. The Morgan fingerprint density at radius 1 is 1.08 bits per heavy atom. The number of benzene rings is 1. The number of carbonyl (C=O) groups is 1. The summed E-state index contributed by atoms with van der Waals surface area (Å²) in [6.45, 7) is 8.43. The van der Waals surface area contributed by atoms with Crippen LogP contribution in [0.4, 0.5) is 0 Å². The van der Waals surface area contributed by atoms with Crippen LogP contribution in [-0.2, 0) is 19.5 Å². The van der Waals surface area contributed by atoms with Crippen LogP contribution in [0.25, 0.3) is 0 Å². The SMILES string of the molecule is CCCCCCc1n(CCC)c(C)c[n+]1Cc1ccc(C(=O)[O-])cc1. The van der Waals surface area contributed by atoms with Gasteiger partial charge in [-0.3, -0.25) is 0 Å². The molecule has 0 atom stereocenters. The van der Waals surface area contributed by atoms with Crippen molar-refractivity contribution in [3.05, 3.63) is 53.1 Å². The lowest BCUT2D eigenvalue weighted by atomic mass is 10.1. The molecule has 0 aliphatic rings. The summed E-state index contributed by atoms with van der Waals surface area (Å²) in [5.41, 5.74) is 2.63. The Hall–Kier alpha value is -2.10. The third-order valence-corrected chi connectivity index (χ3v) is 4.66. The maximum atomic E-state index is 10.9. The molecular weight excluding hydrogens is 312 g/mol. The molecule has 0 fully saturated rings. The summed E-state index contributed by atoms with van der Waals surface area (Å²) in [6.07, 6.45) is 9.45. The molecule has 136 valence electrons. The van der Waals surface area contributed by atoms with Crippen molar-refractivity contribution >= 4 is 5.97 Å². The highest BCUT2D eigenvalue weighted by molar-refractivity contribution is 5.85. The quantitative estimate of drug-likeness (QED) is 0.492. The van der Waals surface area contributed by atoms with E-state index >= 15 is 0 Å². The minimum absolute atomic E-state index is 0.230. The maximum Gasteiger partial charge on any atom is 0.256 e. The van der Waals surface area contributed by atoms with E-state index in [0.29, 0.717) is 0 Å². The van der Waals surface area contributed by atoms with Gasteiger partial charge >= 0.3 is 0 Å². The average Bonchev–Trinajstić information content (AvgIpc) is 2.88. The molecule has 0 N–H and O–H groups in total. The summed E-state index contributed by atoms with van der Waals surface area (Å²) in [7, 11) is 0. The second-order valence-electron chi connectivity index (χ2n) is 6.76. The molecule has 0 unspecified atom stereocenters. The van der Waals surface area contributed by atoms with E-state index in [1.54, 1.807) is 12.1 Å². The van der Waals surface area contributed by atoms with Gasteiger partial charge in [-0.25, -0.2) is 9.13 Å². The Kier molecular flexibility index (Phi) is 7.23. The first-order chi connectivity index (χ1) is 12.1. The van der Waals surface area contributed by atoms with E-state index in [1.807, 2.05) is 12.1 Å². The van der Waals surface area contributed by atoms with Crippen molar-refractivity contribution in [1.82, 2.24) is 4.57 Å². The van der Waals surface area contributed by atoms with Crippen molar-refractivity contribution in [2.24, 2.45) is 0 Å². The first-order valence-electron chi connectivity index (χ1n) is 9.45. The fourth-order valence-electron chi connectivity index (χ4n) is 3.33. The number of aromatic nitrogens is 2. The van der Waals surface area contributed by atoms with E-state index in [1.165, 1.54) is 37.2 Å². The Labute approximate surface area is 151 Å². The predicted octanol–water partition coefficient (Wildman–Crippen LogP) is 3.03. The maximum absolute atomic E-state index is 10.9. The molecule has 4 nitrogen and oxygen atoms in total. The molecule has 1 aromatic carbocycles. The predicted molar refractivity (Wildman–Crippen MR) is 97.4 cm³/mol. The highest BCUT2D eigenvalue weighted by atomic mass is 16.4. The lowest BCUT2D eigenvalue weighted by Crippen LogP contribution is -2.38. The summed E-state index contributed by atoms with van der Waals surface area (Å²) in [5.74, 6) is 0.250. The molecule has 1 aromatic heterocycles. The second-order valence-corrected chi connectivity index (χ2v) is 6.76. The normalized spacial score (nSPS) is 11.0. The number of hydrogen-bond donors (Lipinski definition) is 0. The van der Waals surface area contributed by atoms with Gasteiger partial charge in [-0.15, -0.1) is 0 Å². The minimum Gasteiger partial charge on any atom is -0.545 e. The van der Waals surface area contributed by atoms with Gasteiger partial charge in [0.2, 0.25) is 0 Å². The monoisotopic (exact) mass is 342 g/mol. The van der Waals surface area contributed by atoms with Crippen molar-refractivity contribution in [2.45, 2.75) is 72.4 Å². The standard InChI is InChI=1S/C21H30N2O2/c1-4-6-7-8-9-20-22(15-17(3)23(20)14-5-2)16-18-10-12-19(13-11-18)21(24)25/h10-13,15H,4-9,14,16H2,1-3H3. The number of carboxylic acids is 1. The summed E-state index contributed by atoms with van der Waals surface area (Å²) < 4.78 is 4.76. The van der Waals surface area contributed by atoms with Crippen molar-refractivity contribution < 1.29 is 14.5 Å². The van der Waals surface area contributed by atoms with E-state index < -0.39 is 5.97 Å². The van der Waals surface area contributed by atoms with Crippen LogP contribution in [0.15, 0.2) is 30.5 Å². The van der Waals surface area contributed by atoms with Gasteiger partial charge in [0, 0.05) is 13.3 Å². The highest BCUT2D eigenvalue weighted by Gasteiger charge is 2.20. The second kappa shape index (κ2) is 9.40. The van der Waals surface area contributed by atoms with Gasteiger partial charge in [-0.05, 0) is 24.0 Å². The van der Waals surface area contributed by atoms with Crippen molar-refractivity contribution in [2.75, 3.05) is 0 Å². The van der Waals surface area contributed by atoms with E-state index in [-0.39, 0.29) is 5.56 Å². The first-order valence-corrected chi connectivity index (χ1v) is 9.45. The van der Waals surface area contributed by atoms with Crippen molar-refractivity contribution in [3.8, 4) is 0 Å². The Bertz CT molecular complexity index is 687. The molecule has 0 bridgehead atoms. The number of carboxylic acid groups (broad SMARTS) is 1. The van der Waals surface area contributed by atoms with E-state index in [2.05, 4.69) is 36.1 Å². The van der Waals surface area contributed by atoms with Gasteiger partial charge in [0.25, 0.3) is 5.82 Å². The summed E-state index contributed by atoms with van der Waals surface area (Å²) in [4.78, 5) is 10.9. The summed E-state index contributed by atoms with van der Waals surface area (Å²) >= 11 is 0. The van der Waals surface area contributed by atoms with Gasteiger partial charge in [0.05, 0.1) is 12.5 Å². The zero-order valence-electron chi connectivity index (χ0n) is 15.8. The number of nitrogens with zero attached hydrogens (tertiary/aromatic N) is 2. The number of unbranched alkanes of at least 4 members (excludes halogenated alkanes) is 3. The minimum atomic E-state index is -1.12. The first kappa shape index (κ1) is 19.2. The molecule has 0 amide bonds. The molecule has 25 heavy (non-hydrogen) atoms. The number of carbonyl (C=O) groups excluding carboxylic acids is 1. The molecular formula is C21H30N2O2. The van der Waals surface area contributed by atoms with Gasteiger partial charge in [0.15, 0.2) is 0 Å². The van der Waals surface area contributed by atoms with Gasteiger partial charge in [0.1, 0.15) is 18.4 Å². The van der Waals surface area contributed by atoms with Gasteiger partial charge < -0.3 is 9.90 Å². The Morgan fingerprint density at radius 3 is 2.40 bits per heavy atom. The van der Waals surface area contributed by atoms with Crippen LogP contribution in [-0.4, -0.2) is 10.5 Å². The topological polar surface area (TPSA) is 48.9 Å². The largest absolute Gasteiger partial charge is 0.545 e. The van der Waals surface area contributed by atoms with Crippen LogP contribution >= 0.6 is 0 Å². The molecule has 2 aromatic rings. The lowest BCUT2D eigenvalue weighted by Gasteiger charge is -2.07. The molecule has 0 radical (unpaired) electrons. The van der Waals surface area contributed by atoms with Crippen LogP contribution < -0.4 is 9.67 Å². The number of aryl methyl sites for hydroxylation is 1. The van der Waals surface area contributed by atoms with Crippen molar-refractivity contribution in [1.29, 1.82) is 0 Å². The fourth-order valence-corrected chi connectivity index (χ4v) is 3.33. The molecule has 4 heteroatoms. The van der Waals surface area contributed by atoms with Crippen LogP contribution in [0.1, 0.15) is 73.4 Å². The fraction of sp³-hybridized carbons (Fsp3) is 0.524. The molecule has 2 rings (SSSR count). The molecule has 0 aliphatic carbocycles. The smallest absolute Gasteiger partial charge is 0.256 e. The molecule has 0 saturated carbocycles. The molecule has 0 saturated heterocycles. The van der Waals surface area contributed by atoms with E-state index in [0.717, 1.165) is 31.5 Å². The Morgan fingerprint density at radius 2 is 1.80 bits per heavy atom. The third kappa shape index (κ3) is 5.18. The number of aromatic carboxylic acids is 1. The van der Waals surface area contributed by atoms with Crippen LogP contribution in [0.3, 0.4) is 0 Å². The zero-order chi connectivity index (χ0) is 18.2. The van der Waals surface area contributed by atoms with Gasteiger partial charge in [-0.2, -0.15) is 0 Å². The Balaban J connectivity index is 2.19.